The van der Waals surface area contributed by atoms with E-state index in [1.165, 1.54) is 12.1 Å². The van der Waals surface area contributed by atoms with E-state index in [4.69, 9.17) is 5.73 Å². The Morgan fingerprint density at radius 1 is 1.19 bits per heavy atom. The van der Waals surface area contributed by atoms with Crippen molar-refractivity contribution in [3.8, 4) is 0 Å². The number of halogens is 2. The SMILES string of the molecule is Cc1cc(F)ccc1CCN=C(N)Nc1ccccc1.I. The Morgan fingerprint density at radius 3 is 2.57 bits per heavy atom. The number of aliphatic imine (C=N–C) groups is 1. The van der Waals surface area contributed by atoms with E-state index in [0.717, 1.165) is 23.2 Å². The predicted molar refractivity (Wildman–Crippen MR) is 96.8 cm³/mol. The average molecular weight is 399 g/mol. The number of benzene rings is 2. The summed E-state index contributed by atoms with van der Waals surface area (Å²) in [6.45, 7) is 2.46. The van der Waals surface area contributed by atoms with Crippen molar-refractivity contribution < 1.29 is 4.39 Å². The van der Waals surface area contributed by atoms with Crippen LogP contribution in [-0.2, 0) is 6.42 Å². The van der Waals surface area contributed by atoms with Crippen LogP contribution in [0.5, 0.6) is 0 Å². The first kappa shape index (κ1) is 17.4. The van der Waals surface area contributed by atoms with Gasteiger partial charge in [0.15, 0.2) is 5.96 Å². The number of guanidine groups is 1. The number of para-hydroxylation sites is 1. The van der Waals surface area contributed by atoms with Gasteiger partial charge in [-0.05, 0) is 48.7 Å². The van der Waals surface area contributed by atoms with E-state index >= 15 is 0 Å². The third kappa shape index (κ3) is 5.71. The molecule has 5 heteroatoms. The third-order valence-corrected chi connectivity index (χ3v) is 3.01. The van der Waals surface area contributed by atoms with Crippen LogP contribution >= 0.6 is 24.0 Å². The molecule has 0 saturated heterocycles. The molecule has 2 aromatic rings. The first-order valence-electron chi connectivity index (χ1n) is 6.52. The van der Waals surface area contributed by atoms with Crippen LogP contribution in [0.3, 0.4) is 0 Å². The van der Waals surface area contributed by atoms with Crippen LogP contribution in [0, 0.1) is 12.7 Å². The van der Waals surface area contributed by atoms with Gasteiger partial charge in [0.05, 0.1) is 0 Å². The topological polar surface area (TPSA) is 50.4 Å². The summed E-state index contributed by atoms with van der Waals surface area (Å²) in [5.74, 6) is 0.177. The number of nitrogens with zero attached hydrogens (tertiary/aromatic N) is 1. The lowest BCUT2D eigenvalue weighted by Gasteiger charge is -2.06. The quantitative estimate of drug-likeness (QED) is 0.468. The van der Waals surface area contributed by atoms with Gasteiger partial charge < -0.3 is 11.1 Å². The molecule has 0 aliphatic carbocycles. The second-order valence-electron chi connectivity index (χ2n) is 4.58. The summed E-state index contributed by atoms with van der Waals surface area (Å²) in [5.41, 5.74) is 8.75. The smallest absolute Gasteiger partial charge is 0.193 e. The zero-order chi connectivity index (χ0) is 14.4. The van der Waals surface area contributed by atoms with E-state index in [2.05, 4.69) is 10.3 Å². The highest BCUT2D eigenvalue weighted by Gasteiger charge is 2.00. The van der Waals surface area contributed by atoms with Gasteiger partial charge in [0.25, 0.3) is 0 Å². The van der Waals surface area contributed by atoms with Crippen molar-refractivity contribution in [2.24, 2.45) is 10.7 Å². The lowest BCUT2D eigenvalue weighted by atomic mass is 10.1. The van der Waals surface area contributed by atoms with Gasteiger partial charge in [-0.25, -0.2) is 4.39 Å². The fourth-order valence-corrected chi connectivity index (χ4v) is 1.95. The van der Waals surface area contributed by atoms with Crippen LogP contribution in [0.4, 0.5) is 10.1 Å². The normalized spacial score (nSPS) is 10.9. The lowest BCUT2D eigenvalue weighted by molar-refractivity contribution is 0.625. The molecule has 2 rings (SSSR count). The highest BCUT2D eigenvalue weighted by atomic mass is 127. The number of hydrogen-bond donors (Lipinski definition) is 2. The van der Waals surface area contributed by atoms with Crippen molar-refractivity contribution in [3.63, 3.8) is 0 Å². The molecule has 2 aromatic carbocycles. The third-order valence-electron chi connectivity index (χ3n) is 3.01. The number of hydrogen-bond acceptors (Lipinski definition) is 1. The summed E-state index contributed by atoms with van der Waals surface area (Å²) in [6.07, 6.45) is 0.739. The zero-order valence-electron chi connectivity index (χ0n) is 11.8. The molecule has 0 aromatic heterocycles. The molecular weight excluding hydrogens is 380 g/mol. The average Bonchev–Trinajstić information content (AvgIpc) is 2.42. The number of nitrogens with two attached hydrogens (primary N) is 1. The molecule has 21 heavy (non-hydrogen) atoms. The second-order valence-corrected chi connectivity index (χ2v) is 4.58. The van der Waals surface area contributed by atoms with Gasteiger partial charge in [-0.3, -0.25) is 4.99 Å². The molecule has 0 aliphatic rings. The Kier molecular flexibility index (Phi) is 7.14. The Bertz CT molecular complexity index is 600. The molecule has 0 bridgehead atoms. The molecule has 0 amide bonds. The minimum Gasteiger partial charge on any atom is -0.370 e. The van der Waals surface area contributed by atoms with Gasteiger partial charge in [0, 0.05) is 12.2 Å². The molecule has 0 saturated carbocycles. The highest BCUT2D eigenvalue weighted by Crippen LogP contribution is 2.11. The van der Waals surface area contributed by atoms with Crippen LogP contribution in [0.15, 0.2) is 53.5 Å². The summed E-state index contributed by atoms with van der Waals surface area (Å²) in [6, 6.07) is 14.4. The summed E-state index contributed by atoms with van der Waals surface area (Å²) in [7, 11) is 0. The predicted octanol–water partition coefficient (Wildman–Crippen LogP) is 3.72. The van der Waals surface area contributed by atoms with Gasteiger partial charge in [-0.15, -0.1) is 24.0 Å². The van der Waals surface area contributed by atoms with Crippen molar-refractivity contribution in [3.05, 3.63) is 65.5 Å². The summed E-state index contributed by atoms with van der Waals surface area (Å²) in [4.78, 5) is 4.27. The van der Waals surface area contributed by atoms with Crippen LogP contribution < -0.4 is 11.1 Å². The fourth-order valence-electron chi connectivity index (χ4n) is 1.95. The van der Waals surface area contributed by atoms with E-state index in [-0.39, 0.29) is 29.8 Å². The highest BCUT2D eigenvalue weighted by molar-refractivity contribution is 14.0. The Balaban J connectivity index is 0.00000220. The van der Waals surface area contributed by atoms with E-state index in [0.29, 0.717) is 12.5 Å². The lowest BCUT2D eigenvalue weighted by Crippen LogP contribution is -2.23. The zero-order valence-corrected chi connectivity index (χ0v) is 14.2. The van der Waals surface area contributed by atoms with Gasteiger partial charge in [0.2, 0.25) is 0 Å². The number of rotatable bonds is 4. The van der Waals surface area contributed by atoms with Crippen LogP contribution in [0.1, 0.15) is 11.1 Å². The first-order chi connectivity index (χ1) is 9.65. The monoisotopic (exact) mass is 399 g/mol. The molecular formula is C16H19FIN3. The van der Waals surface area contributed by atoms with Crippen molar-refractivity contribution in [1.82, 2.24) is 0 Å². The number of nitrogens with one attached hydrogen (secondary N) is 1. The van der Waals surface area contributed by atoms with Crippen LogP contribution in [0.2, 0.25) is 0 Å². The Hall–Kier alpha value is -1.63. The molecule has 0 fully saturated rings. The molecule has 0 radical (unpaired) electrons. The summed E-state index contributed by atoms with van der Waals surface area (Å²) < 4.78 is 13.0. The molecule has 0 aliphatic heterocycles. The van der Waals surface area contributed by atoms with Crippen molar-refractivity contribution in [2.45, 2.75) is 13.3 Å². The summed E-state index contributed by atoms with van der Waals surface area (Å²) in [5, 5.41) is 3.02. The van der Waals surface area contributed by atoms with E-state index in [1.807, 2.05) is 37.3 Å². The minimum absolute atomic E-state index is 0. The molecule has 0 unspecified atom stereocenters. The molecule has 0 heterocycles. The minimum atomic E-state index is -0.208. The Morgan fingerprint density at radius 2 is 1.90 bits per heavy atom. The standard InChI is InChI=1S/C16H18FN3.HI/c1-12-11-14(17)8-7-13(12)9-10-19-16(18)20-15-5-3-2-4-6-15;/h2-8,11H,9-10H2,1H3,(H3,18,19,20);1H. The van der Waals surface area contributed by atoms with Crippen molar-refractivity contribution >= 4 is 35.6 Å². The van der Waals surface area contributed by atoms with Crippen molar-refractivity contribution in [1.29, 1.82) is 0 Å². The van der Waals surface area contributed by atoms with Gasteiger partial charge in [-0.1, -0.05) is 24.3 Å². The molecule has 112 valence electrons. The molecule has 0 atom stereocenters. The van der Waals surface area contributed by atoms with Crippen LogP contribution in [-0.4, -0.2) is 12.5 Å². The van der Waals surface area contributed by atoms with E-state index in [1.54, 1.807) is 6.07 Å². The van der Waals surface area contributed by atoms with E-state index in [9.17, 15) is 4.39 Å². The first-order valence-corrected chi connectivity index (χ1v) is 6.52. The van der Waals surface area contributed by atoms with E-state index < -0.39 is 0 Å². The molecule has 3 nitrogen and oxygen atoms in total. The molecule has 3 N–H and O–H groups in total. The maximum Gasteiger partial charge on any atom is 0.193 e. The Labute approximate surface area is 141 Å². The number of aryl methyl sites for hydroxylation is 1. The maximum absolute atomic E-state index is 13.0. The molecule has 0 spiro atoms. The second kappa shape index (κ2) is 8.61. The fraction of sp³-hybridized carbons (Fsp3) is 0.188. The maximum atomic E-state index is 13.0. The van der Waals surface area contributed by atoms with Gasteiger partial charge >= 0.3 is 0 Å². The van der Waals surface area contributed by atoms with Gasteiger partial charge in [-0.2, -0.15) is 0 Å². The largest absolute Gasteiger partial charge is 0.370 e. The van der Waals surface area contributed by atoms with Crippen molar-refractivity contribution in [2.75, 3.05) is 11.9 Å². The van der Waals surface area contributed by atoms with Gasteiger partial charge in [0.1, 0.15) is 5.82 Å². The number of anilines is 1. The van der Waals surface area contributed by atoms with Crippen LogP contribution in [0.25, 0.3) is 0 Å². The summed E-state index contributed by atoms with van der Waals surface area (Å²) >= 11 is 0.